The normalized spacial score (nSPS) is 12.1. The lowest BCUT2D eigenvalue weighted by atomic mass is 10.2. The monoisotopic (exact) mass is 288 g/mol. The molecule has 0 unspecified atom stereocenters. The summed E-state index contributed by atoms with van der Waals surface area (Å²) >= 11 is 3.34. The molecule has 5 heteroatoms. The second kappa shape index (κ2) is 3.64. The van der Waals surface area contributed by atoms with E-state index in [0.29, 0.717) is 11.3 Å². The minimum absolute atomic E-state index is 0.0563. The second-order valence-electron chi connectivity index (χ2n) is 3.46. The lowest BCUT2D eigenvalue weighted by Gasteiger charge is -1.91. The molecule has 80 valence electrons. The Labute approximate surface area is 96.1 Å². The van der Waals surface area contributed by atoms with E-state index in [9.17, 15) is 8.42 Å². The molecule has 1 aromatic carbocycles. The van der Waals surface area contributed by atoms with Gasteiger partial charge < -0.3 is 4.42 Å². The molecule has 0 fully saturated rings. The molecule has 0 bridgehead atoms. The minimum Gasteiger partial charge on any atom is -0.460 e. The summed E-state index contributed by atoms with van der Waals surface area (Å²) in [5.41, 5.74) is 0.705. The lowest BCUT2D eigenvalue weighted by Crippen LogP contribution is -1.98. The first-order valence-corrected chi connectivity index (χ1v) is 7.15. The van der Waals surface area contributed by atoms with E-state index in [-0.39, 0.29) is 5.75 Å². The van der Waals surface area contributed by atoms with Crippen molar-refractivity contribution >= 4 is 36.7 Å². The zero-order valence-corrected chi connectivity index (χ0v) is 10.4. The number of hydrogen-bond acceptors (Lipinski definition) is 3. The highest BCUT2D eigenvalue weighted by Crippen LogP contribution is 2.24. The van der Waals surface area contributed by atoms with Crippen LogP contribution in [0, 0.1) is 0 Å². The number of rotatable bonds is 2. The van der Waals surface area contributed by atoms with Crippen molar-refractivity contribution in [2.75, 3.05) is 6.26 Å². The summed E-state index contributed by atoms with van der Waals surface area (Å²) in [6, 6.07) is 7.31. The van der Waals surface area contributed by atoms with E-state index >= 15 is 0 Å². The Bertz CT molecular complexity index is 598. The molecular weight excluding hydrogens is 280 g/mol. The summed E-state index contributed by atoms with van der Waals surface area (Å²) in [5, 5.41) is 0.906. The molecular formula is C10H9BrO3S. The molecule has 1 heterocycles. The van der Waals surface area contributed by atoms with E-state index in [1.165, 1.54) is 6.26 Å². The van der Waals surface area contributed by atoms with Gasteiger partial charge in [0.2, 0.25) is 0 Å². The van der Waals surface area contributed by atoms with Crippen molar-refractivity contribution in [2.24, 2.45) is 0 Å². The van der Waals surface area contributed by atoms with Gasteiger partial charge in [0, 0.05) is 16.1 Å². The van der Waals surface area contributed by atoms with Crippen LogP contribution in [0.4, 0.5) is 0 Å². The molecule has 1 aromatic heterocycles. The molecule has 0 aliphatic carbocycles. The van der Waals surface area contributed by atoms with Crippen molar-refractivity contribution in [3.8, 4) is 0 Å². The van der Waals surface area contributed by atoms with Gasteiger partial charge in [-0.3, -0.25) is 0 Å². The van der Waals surface area contributed by atoms with Crippen molar-refractivity contribution in [2.45, 2.75) is 5.75 Å². The molecule has 0 saturated heterocycles. The van der Waals surface area contributed by atoms with Crippen LogP contribution < -0.4 is 0 Å². The second-order valence-corrected chi connectivity index (χ2v) is 6.52. The summed E-state index contributed by atoms with van der Waals surface area (Å²) in [4.78, 5) is 0. The van der Waals surface area contributed by atoms with Crippen LogP contribution in [0.15, 0.2) is 33.2 Å². The number of fused-ring (bicyclic) bond motifs is 1. The van der Waals surface area contributed by atoms with Gasteiger partial charge in [-0.1, -0.05) is 15.9 Å². The van der Waals surface area contributed by atoms with E-state index in [0.717, 1.165) is 9.86 Å². The van der Waals surface area contributed by atoms with Gasteiger partial charge in [0.25, 0.3) is 0 Å². The quantitative estimate of drug-likeness (QED) is 0.854. The van der Waals surface area contributed by atoms with Crippen molar-refractivity contribution in [3.63, 3.8) is 0 Å². The first kappa shape index (κ1) is 10.7. The summed E-state index contributed by atoms with van der Waals surface area (Å²) in [6.45, 7) is 0. The summed E-state index contributed by atoms with van der Waals surface area (Å²) in [5.74, 6) is 0.421. The molecule has 15 heavy (non-hydrogen) atoms. The van der Waals surface area contributed by atoms with Crippen LogP contribution in [-0.2, 0) is 15.6 Å². The smallest absolute Gasteiger partial charge is 0.154 e. The Morgan fingerprint density at radius 1 is 1.33 bits per heavy atom. The molecule has 3 nitrogen and oxygen atoms in total. The summed E-state index contributed by atoms with van der Waals surface area (Å²) in [7, 11) is -3.04. The van der Waals surface area contributed by atoms with Crippen LogP contribution >= 0.6 is 15.9 Å². The fourth-order valence-corrected chi connectivity index (χ4v) is 2.44. The standard InChI is InChI=1S/C10H9BrO3S/c1-15(12,13)6-9-5-7-4-8(11)2-3-10(7)14-9/h2-5H,6H2,1H3. The average molecular weight is 289 g/mol. The van der Waals surface area contributed by atoms with Gasteiger partial charge in [-0.25, -0.2) is 8.42 Å². The van der Waals surface area contributed by atoms with E-state index < -0.39 is 9.84 Å². The first-order chi connectivity index (χ1) is 6.94. The van der Waals surface area contributed by atoms with Gasteiger partial charge in [0.05, 0.1) is 0 Å². The average Bonchev–Trinajstić information content (AvgIpc) is 2.42. The van der Waals surface area contributed by atoms with Crippen molar-refractivity contribution < 1.29 is 12.8 Å². The third-order valence-corrected chi connectivity index (χ3v) is 3.24. The number of halogens is 1. The lowest BCUT2D eigenvalue weighted by molar-refractivity contribution is 0.557. The van der Waals surface area contributed by atoms with Gasteiger partial charge >= 0.3 is 0 Å². The zero-order valence-electron chi connectivity index (χ0n) is 8.03. The number of hydrogen-bond donors (Lipinski definition) is 0. The van der Waals surface area contributed by atoms with Crippen molar-refractivity contribution in [1.29, 1.82) is 0 Å². The number of sulfone groups is 1. The zero-order chi connectivity index (χ0) is 11.1. The van der Waals surface area contributed by atoms with Gasteiger partial charge in [-0.15, -0.1) is 0 Å². The van der Waals surface area contributed by atoms with E-state index in [2.05, 4.69) is 15.9 Å². The third kappa shape index (κ3) is 2.60. The molecule has 2 rings (SSSR count). The fraction of sp³-hybridized carbons (Fsp3) is 0.200. The van der Waals surface area contributed by atoms with Crippen LogP contribution in [0.5, 0.6) is 0 Å². The maximum absolute atomic E-state index is 11.1. The topological polar surface area (TPSA) is 47.3 Å². The molecule has 0 aliphatic heterocycles. The molecule has 0 N–H and O–H groups in total. The molecule has 0 atom stereocenters. The van der Waals surface area contributed by atoms with Crippen LogP contribution in [0.25, 0.3) is 11.0 Å². The first-order valence-electron chi connectivity index (χ1n) is 4.30. The van der Waals surface area contributed by atoms with Crippen molar-refractivity contribution in [1.82, 2.24) is 0 Å². The van der Waals surface area contributed by atoms with Gasteiger partial charge in [0.15, 0.2) is 9.84 Å². The van der Waals surface area contributed by atoms with Crippen molar-refractivity contribution in [3.05, 3.63) is 34.5 Å². The van der Waals surface area contributed by atoms with Gasteiger partial charge in [0.1, 0.15) is 17.1 Å². The SMILES string of the molecule is CS(=O)(=O)Cc1cc2cc(Br)ccc2o1. The molecule has 0 amide bonds. The Balaban J connectivity index is 2.48. The molecule has 0 spiro atoms. The maximum atomic E-state index is 11.1. The minimum atomic E-state index is -3.04. The molecule has 0 aliphatic rings. The highest BCUT2D eigenvalue weighted by atomic mass is 79.9. The molecule has 0 saturated carbocycles. The Kier molecular flexibility index (Phi) is 2.60. The summed E-state index contributed by atoms with van der Waals surface area (Å²) in [6.07, 6.45) is 1.19. The highest BCUT2D eigenvalue weighted by Gasteiger charge is 2.10. The fourth-order valence-electron chi connectivity index (χ4n) is 1.40. The predicted octanol–water partition coefficient (Wildman–Crippen LogP) is 2.74. The molecule has 0 radical (unpaired) electrons. The van der Waals surface area contributed by atoms with Crippen LogP contribution in [0.2, 0.25) is 0 Å². The van der Waals surface area contributed by atoms with E-state index in [1.807, 2.05) is 18.2 Å². The predicted molar refractivity (Wildman–Crippen MR) is 62.5 cm³/mol. The summed E-state index contributed by atoms with van der Waals surface area (Å²) < 4.78 is 28.5. The maximum Gasteiger partial charge on any atom is 0.154 e. The van der Waals surface area contributed by atoms with E-state index in [4.69, 9.17) is 4.42 Å². The largest absolute Gasteiger partial charge is 0.460 e. The molecule has 2 aromatic rings. The number of furan rings is 1. The van der Waals surface area contributed by atoms with Crippen LogP contribution in [0.1, 0.15) is 5.76 Å². The van der Waals surface area contributed by atoms with E-state index in [1.54, 1.807) is 6.07 Å². The van der Waals surface area contributed by atoms with Crippen LogP contribution in [0.3, 0.4) is 0 Å². The third-order valence-electron chi connectivity index (χ3n) is 1.93. The van der Waals surface area contributed by atoms with Gasteiger partial charge in [-0.05, 0) is 24.3 Å². The van der Waals surface area contributed by atoms with Crippen LogP contribution in [-0.4, -0.2) is 14.7 Å². The number of benzene rings is 1. The Morgan fingerprint density at radius 2 is 2.07 bits per heavy atom. The highest BCUT2D eigenvalue weighted by molar-refractivity contribution is 9.10. The Morgan fingerprint density at radius 3 is 2.73 bits per heavy atom. The van der Waals surface area contributed by atoms with Gasteiger partial charge in [-0.2, -0.15) is 0 Å². The Hall–Kier alpha value is -0.810.